The number of hydrogen-bond acceptors (Lipinski definition) is 5. The molecule has 6 heteroatoms. The maximum Gasteiger partial charge on any atom is 0.303 e. The third-order valence-electron chi connectivity index (χ3n) is 2.96. The van der Waals surface area contributed by atoms with Crippen molar-refractivity contribution in [1.29, 1.82) is 0 Å². The second-order valence-corrected chi connectivity index (χ2v) is 4.39. The smallest absolute Gasteiger partial charge is 0.303 e. The van der Waals surface area contributed by atoms with Crippen LogP contribution in [0.5, 0.6) is 0 Å². The van der Waals surface area contributed by atoms with Crippen molar-refractivity contribution in [2.24, 2.45) is 0 Å². The summed E-state index contributed by atoms with van der Waals surface area (Å²) >= 11 is 0. The molecule has 0 saturated carbocycles. The molecule has 20 heavy (non-hydrogen) atoms. The lowest BCUT2D eigenvalue weighted by atomic mass is 10.2. The monoisotopic (exact) mass is 272 g/mol. The first-order valence-corrected chi connectivity index (χ1v) is 6.25. The number of nitrogens with zero attached hydrogens (tertiary/aromatic N) is 2. The van der Waals surface area contributed by atoms with Gasteiger partial charge < -0.3 is 13.9 Å². The molecule has 0 saturated heterocycles. The number of fused-ring (bicyclic) bond motifs is 1. The maximum absolute atomic E-state index is 10.4. The van der Waals surface area contributed by atoms with Gasteiger partial charge in [-0.3, -0.25) is 4.79 Å². The van der Waals surface area contributed by atoms with Crippen molar-refractivity contribution in [3.05, 3.63) is 36.4 Å². The quantitative estimate of drug-likeness (QED) is 0.768. The van der Waals surface area contributed by atoms with Gasteiger partial charge >= 0.3 is 5.97 Å². The highest BCUT2D eigenvalue weighted by molar-refractivity contribution is 5.91. The maximum atomic E-state index is 10.4. The van der Waals surface area contributed by atoms with Crippen LogP contribution in [0.4, 0.5) is 0 Å². The average Bonchev–Trinajstić information content (AvgIpc) is 3.04. The van der Waals surface area contributed by atoms with Gasteiger partial charge in [0.15, 0.2) is 0 Å². The molecule has 3 rings (SSSR count). The Bertz CT molecular complexity index is 744. The van der Waals surface area contributed by atoms with Gasteiger partial charge in [-0.1, -0.05) is 18.2 Å². The molecular weight excluding hydrogens is 260 g/mol. The molecule has 0 aliphatic carbocycles. The fraction of sp³-hybridized carbons (Fsp3) is 0.214. The van der Waals surface area contributed by atoms with Crippen molar-refractivity contribution >= 4 is 16.9 Å². The number of aromatic nitrogens is 2. The van der Waals surface area contributed by atoms with E-state index in [9.17, 15) is 4.79 Å². The molecule has 0 unspecified atom stereocenters. The molecule has 6 nitrogen and oxygen atoms in total. The average molecular weight is 272 g/mol. The number of aryl methyl sites for hydroxylation is 1. The highest BCUT2D eigenvalue weighted by Gasteiger charge is 2.14. The van der Waals surface area contributed by atoms with Crippen molar-refractivity contribution in [3.8, 4) is 11.5 Å². The van der Waals surface area contributed by atoms with Crippen molar-refractivity contribution in [2.75, 3.05) is 0 Å². The van der Waals surface area contributed by atoms with E-state index in [1.807, 2.05) is 24.3 Å². The van der Waals surface area contributed by atoms with E-state index in [4.69, 9.17) is 13.9 Å². The minimum absolute atomic E-state index is 0.0896. The number of benzene rings is 1. The molecule has 0 fully saturated rings. The molecule has 0 aliphatic rings. The zero-order valence-corrected chi connectivity index (χ0v) is 10.6. The third-order valence-corrected chi connectivity index (χ3v) is 2.96. The largest absolute Gasteiger partial charge is 0.481 e. The number of hydrogen-bond donors (Lipinski definition) is 1. The van der Waals surface area contributed by atoms with Crippen LogP contribution in [0.2, 0.25) is 0 Å². The lowest BCUT2D eigenvalue weighted by Crippen LogP contribution is -1.95. The van der Waals surface area contributed by atoms with E-state index in [2.05, 4.69) is 10.2 Å². The van der Waals surface area contributed by atoms with E-state index in [1.54, 1.807) is 6.26 Å². The first-order chi connectivity index (χ1) is 9.74. The summed E-state index contributed by atoms with van der Waals surface area (Å²) in [5, 5.41) is 17.4. The number of furan rings is 1. The molecule has 1 aromatic carbocycles. The van der Waals surface area contributed by atoms with Crippen molar-refractivity contribution < 1.29 is 18.7 Å². The molecule has 2 heterocycles. The number of rotatable bonds is 5. The predicted molar refractivity (Wildman–Crippen MR) is 70.1 cm³/mol. The van der Waals surface area contributed by atoms with Gasteiger partial charge in [0.25, 0.3) is 5.89 Å². The Morgan fingerprint density at radius 2 is 2.10 bits per heavy atom. The van der Waals surface area contributed by atoms with Gasteiger partial charge in [0.2, 0.25) is 5.89 Å². The summed E-state index contributed by atoms with van der Waals surface area (Å²) in [6.45, 7) is 0. The topological polar surface area (TPSA) is 89.4 Å². The minimum atomic E-state index is -0.828. The Morgan fingerprint density at radius 1 is 1.25 bits per heavy atom. The predicted octanol–water partition coefficient (Wildman–Crippen LogP) is 2.89. The van der Waals surface area contributed by atoms with E-state index in [-0.39, 0.29) is 6.42 Å². The second kappa shape index (κ2) is 5.16. The van der Waals surface area contributed by atoms with Crippen LogP contribution in [0, 0.1) is 0 Å². The van der Waals surface area contributed by atoms with Crippen LogP contribution in [0.25, 0.3) is 22.4 Å². The van der Waals surface area contributed by atoms with Crippen LogP contribution in [0.1, 0.15) is 18.7 Å². The number of aliphatic carboxylic acids is 1. The highest BCUT2D eigenvalue weighted by Crippen LogP contribution is 2.29. The Balaban J connectivity index is 1.81. The standard InChI is InChI=1S/C14H12N2O4/c17-13(18)7-3-6-12-15-16-14(20-12)10-8-19-11-5-2-1-4-9(10)11/h1-2,4-5,8H,3,6-7H2,(H,17,18). The molecule has 0 atom stereocenters. The zero-order valence-electron chi connectivity index (χ0n) is 10.6. The molecule has 0 spiro atoms. The number of carbonyl (C=O) groups is 1. The zero-order chi connectivity index (χ0) is 13.9. The summed E-state index contributed by atoms with van der Waals surface area (Å²) in [7, 11) is 0. The number of para-hydroxylation sites is 1. The Labute approximate surface area is 114 Å². The van der Waals surface area contributed by atoms with Crippen molar-refractivity contribution in [2.45, 2.75) is 19.3 Å². The summed E-state index contributed by atoms with van der Waals surface area (Å²) < 4.78 is 11.0. The Kier molecular flexibility index (Phi) is 3.20. The van der Waals surface area contributed by atoms with Crippen LogP contribution in [-0.4, -0.2) is 21.3 Å². The lowest BCUT2D eigenvalue weighted by Gasteiger charge is -1.92. The SMILES string of the molecule is O=C(O)CCCc1nnc(-c2coc3ccccc23)o1. The lowest BCUT2D eigenvalue weighted by molar-refractivity contribution is -0.137. The summed E-state index contributed by atoms with van der Waals surface area (Å²) in [6, 6.07) is 7.58. The Morgan fingerprint density at radius 3 is 2.95 bits per heavy atom. The van der Waals surface area contributed by atoms with Crippen LogP contribution in [0.15, 0.2) is 39.4 Å². The van der Waals surface area contributed by atoms with Crippen LogP contribution in [0.3, 0.4) is 0 Å². The van der Waals surface area contributed by atoms with Gasteiger partial charge in [-0.2, -0.15) is 0 Å². The first kappa shape index (κ1) is 12.4. The summed E-state index contributed by atoms with van der Waals surface area (Å²) in [6.07, 6.45) is 2.60. The van der Waals surface area contributed by atoms with Crippen LogP contribution in [-0.2, 0) is 11.2 Å². The van der Waals surface area contributed by atoms with E-state index < -0.39 is 5.97 Å². The molecule has 0 radical (unpaired) electrons. The molecule has 102 valence electrons. The van der Waals surface area contributed by atoms with E-state index in [0.717, 1.165) is 16.5 Å². The van der Waals surface area contributed by atoms with Gasteiger partial charge in [0.05, 0.1) is 5.56 Å². The molecule has 0 amide bonds. The first-order valence-electron chi connectivity index (χ1n) is 6.25. The van der Waals surface area contributed by atoms with Crippen molar-refractivity contribution in [1.82, 2.24) is 10.2 Å². The summed E-state index contributed by atoms with van der Waals surface area (Å²) in [5.41, 5.74) is 1.51. The van der Waals surface area contributed by atoms with E-state index in [1.165, 1.54) is 0 Å². The van der Waals surface area contributed by atoms with Crippen molar-refractivity contribution in [3.63, 3.8) is 0 Å². The molecule has 3 aromatic rings. The van der Waals surface area contributed by atoms with E-state index >= 15 is 0 Å². The molecule has 0 bridgehead atoms. The second-order valence-electron chi connectivity index (χ2n) is 4.39. The molecule has 2 aromatic heterocycles. The summed E-state index contributed by atoms with van der Waals surface area (Å²) in [5.74, 6) is -0.00243. The van der Waals surface area contributed by atoms with Crippen LogP contribution < -0.4 is 0 Å². The third kappa shape index (κ3) is 2.40. The van der Waals surface area contributed by atoms with Gasteiger partial charge in [-0.25, -0.2) is 0 Å². The Hall–Kier alpha value is -2.63. The highest BCUT2D eigenvalue weighted by atomic mass is 16.4. The summed E-state index contributed by atoms with van der Waals surface area (Å²) in [4.78, 5) is 10.4. The van der Waals surface area contributed by atoms with Gasteiger partial charge in [0.1, 0.15) is 11.8 Å². The van der Waals surface area contributed by atoms with Gasteiger partial charge in [-0.15, -0.1) is 10.2 Å². The minimum Gasteiger partial charge on any atom is -0.481 e. The van der Waals surface area contributed by atoms with Gasteiger partial charge in [-0.05, 0) is 12.5 Å². The molecule has 0 aliphatic heterocycles. The number of carboxylic acid groups (broad SMARTS) is 1. The van der Waals surface area contributed by atoms with Gasteiger partial charge in [0, 0.05) is 18.2 Å². The van der Waals surface area contributed by atoms with E-state index in [0.29, 0.717) is 24.6 Å². The number of carboxylic acids is 1. The fourth-order valence-corrected chi connectivity index (χ4v) is 2.00. The molecule has 1 N–H and O–H groups in total. The normalized spacial score (nSPS) is 11.0. The fourth-order valence-electron chi connectivity index (χ4n) is 2.00. The molecular formula is C14H12N2O4. The van der Waals surface area contributed by atoms with Crippen LogP contribution >= 0.6 is 0 Å².